The second-order valence-corrected chi connectivity index (χ2v) is 7.21. The van der Waals surface area contributed by atoms with Crippen molar-refractivity contribution in [3.63, 3.8) is 0 Å². The van der Waals surface area contributed by atoms with Crippen LogP contribution in [0.4, 0.5) is 0 Å². The van der Waals surface area contributed by atoms with Gasteiger partial charge in [-0.15, -0.1) is 0 Å². The van der Waals surface area contributed by atoms with E-state index in [1.54, 1.807) is 4.90 Å². The van der Waals surface area contributed by atoms with Gasteiger partial charge in [-0.3, -0.25) is 9.59 Å². The Bertz CT molecular complexity index is 714. The van der Waals surface area contributed by atoms with Gasteiger partial charge in [0.25, 0.3) is 0 Å². The standard InChI is InChI=1S/C23H30N2O2/c1-4-11-21(26)25(17-19-12-7-5-8-13-19)22(20-14-9-6-10-15-20)23(27)24-16-18(2)3/h5-10,12-15,18,22H,4,11,16-17H2,1-3H3,(H,24,27). The van der Waals surface area contributed by atoms with Crippen molar-refractivity contribution < 1.29 is 9.59 Å². The lowest BCUT2D eigenvalue weighted by Crippen LogP contribution is -2.44. The summed E-state index contributed by atoms with van der Waals surface area (Å²) in [6.45, 7) is 7.09. The smallest absolute Gasteiger partial charge is 0.247 e. The Morgan fingerprint density at radius 3 is 2.11 bits per heavy atom. The third-order valence-corrected chi connectivity index (χ3v) is 4.34. The number of benzene rings is 2. The number of nitrogens with zero attached hydrogens (tertiary/aromatic N) is 1. The Hall–Kier alpha value is -2.62. The number of hydrogen-bond acceptors (Lipinski definition) is 2. The predicted molar refractivity (Wildman–Crippen MR) is 109 cm³/mol. The molecule has 27 heavy (non-hydrogen) atoms. The maximum atomic E-state index is 13.1. The zero-order valence-corrected chi connectivity index (χ0v) is 16.5. The molecule has 0 fully saturated rings. The number of carbonyl (C=O) groups excluding carboxylic acids is 2. The minimum Gasteiger partial charge on any atom is -0.354 e. The summed E-state index contributed by atoms with van der Waals surface area (Å²) < 4.78 is 0. The van der Waals surface area contributed by atoms with Crippen molar-refractivity contribution in [3.05, 3.63) is 71.8 Å². The minimum absolute atomic E-state index is 0.00472. The molecule has 144 valence electrons. The third-order valence-electron chi connectivity index (χ3n) is 4.34. The van der Waals surface area contributed by atoms with Crippen molar-refractivity contribution in [1.29, 1.82) is 0 Å². The Labute approximate surface area is 162 Å². The number of nitrogens with one attached hydrogen (secondary N) is 1. The van der Waals surface area contributed by atoms with Crippen LogP contribution < -0.4 is 5.32 Å². The average molecular weight is 367 g/mol. The molecule has 1 atom stereocenters. The zero-order valence-electron chi connectivity index (χ0n) is 16.5. The lowest BCUT2D eigenvalue weighted by Gasteiger charge is -2.32. The summed E-state index contributed by atoms with van der Waals surface area (Å²) in [6, 6.07) is 18.8. The molecule has 2 rings (SSSR count). The van der Waals surface area contributed by atoms with E-state index >= 15 is 0 Å². The van der Waals surface area contributed by atoms with Crippen molar-refractivity contribution in [1.82, 2.24) is 10.2 Å². The fourth-order valence-corrected chi connectivity index (χ4v) is 2.97. The van der Waals surface area contributed by atoms with Gasteiger partial charge in [0.1, 0.15) is 6.04 Å². The topological polar surface area (TPSA) is 49.4 Å². The van der Waals surface area contributed by atoms with Gasteiger partial charge >= 0.3 is 0 Å². The van der Waals surface area contributed by atoms with E-state index in [4.69, 9.17) is 0 Å². The first-order valence-electron chi connectivity index (χ1n) is 9.69. The molecular formula is C23H30N2O2. The molecular weight excluding hydrogens is 336 g/mol. The molecule has 0 aliphatic heterocycles. The molecule has 0 heterocycles. The van der Waals surface area contributed by atoms with Crippen LogP contribution in [-0.4, -0.2) is 23.3 Å². The van der Waals surface area contributed by atoms with Crippen molar-refractivity contribution in [2.45, 2.75) is 46.2 Å². The molecule has 2 aromatic carbocycles. The number of amides is 2. The van der Waals surface area contributed by atoms with E-state index in [1.807, 2.05) is 67.6 Å². The van der Waals surface area contributed by atoms with Crippen LogP contribution in [0, 0.1) is 5.92 Å². The fraction of sp³-hybridized carbons (Fsp3) is 0.391. The molecule has 0 saturated carbocycles. The van der Waals surface area contributed by atoms with Crippen LogP contribution in [0.5, 0.6) is 0 Å². The van der Waals surface area contributed by atoms with Crippen molar-refractivity contribution in [2.75, 3.05) is 6.54 Å². The maximum Gasteiger partial charge on any atom is 0.247 e. The highest BCUT2D eigenvalue weighted by molar-refractivity contribution is 5.88. The highest BCUT2D eigenvalue weighted by Gasteiger charge is 2.30. The zero-order chi connectivity index (χ0) is 19.6. The summed E-state index contributed by atoms with van der Waals surface area (Å²) in [5.74, 6) is 0.212. The van der Waals surface area contributed by atoms with Gasteiger partial charge in [0.2, 0.25) is 11.8 Å². The first-order chi connectivity index (χ1) is 13.0. The molecule has 0 aliphatic rings. The van der Waals surface area contributed by atoms with Crippen molar-refractivity contribution in [2.24, 2.45) is 5.92 Å². The van der Waals surface area contributed by atoms with E-state index in [-0.39, 0.29) is 11.8 Å². The highest BCUT2D eigenvalue weighted by atomic mass is 16.2. The maximum absolute atomic E-state index is 13.1. The van der Waals surface area contributed by atoms with Gasteiger partial charge in [-0.2, -0.15) is 0 Å². The minimum atomic E-state index is -0.635. The molecule has 4 heteroatoms. The normalized spacial score (nSPS) is 11.9. The van der Waals surface area contributed by atoms with Gasteiger partial charge in [0.05, 0.1) is 0 Å². The Morgan fingerprint density at radius 1 is 0.963 bits per heavy atom. The van der Waals surface area contributed by atoms with Gasteiger partial charge in [0, 0.05) is 19.5 Å². The average Bonchev–Trinajstić information content (AvgIpc) is 2.67. The summed E-state index contributed by atoms with van der Waals surface area (Å²) in [6.07, 6.45) is 1.17. The van der Waals surface area contributed by atoms with E-state index < -0.39 is 6.04 Å². The van der Waals surface area contributed by atoms with Gasteiger partial charge < -0.3 is 10.2 Å². The van der Waals surface area contributed by atoms with Crippen LogP contribution in [0.3, 0.4) is 0 Å². The monoisotopic (exact) mass is 366 g/mol. The summed E-state index contributed by atoms with van der Waals surface area (Å²) in [4.78, 5) is 27.7. The van der Waals surface area contributed by atoms with Gasteiger partial charge in [-0.05, 0) is 23.5 Å². The third kappa shape index (κ3) is 6.24. The van der Waals surface area contributed by atoms with E-state index in [9.17, 15) is 9.59 Å². The van der Waals surface area contributed by atoms with Crippen LogP contribution in [-0.2, 0) is 16.1 Å². The van der Waals surface area contributed by atoms with Crippen molar-refractivity contribution >= 4 is 11.8 Å². The van der Waals surface area contributed by atoms with E-state index in [2.05, 4.69) is 19.2 Å². The quantitative estimate of drug-likeness (QED) is 0.718. The van der Waals surface area contributed by atoms with Gasteiger partial charge in [0.15, 0.2) is 0 Å². The molecule has 4 nitrogen and oxygen atoms in total. The lowest BCUT2D eigenvalue weighted by atomic mass is 10.0. The predicted octanol–water partition coefficient (Wildman–Crippen LogP) is 4.33. The second kappa shape index (κ2) is 10.5. The Balaban J connectivity index is 2.38. The Morgan fingerprint density at radius 2 is 1.56 bits per heavy atom. The first kappa shape index (κ1) is 20.7. The molecule has 0 spiro atoms. The molecule has 2 amide bonds. The van der Waals surface area contributed by atoms with Crippen LogP contribution in [0.25, 0.3) is 0 Å². The number of rotatable bonds is 9. The molecule has 1 N–H and O–H groups in total. The van der Waals surface area contributed by atoms with Crippen LogP contribution in [0.2, 0.25) is 0 Å². The van der Waals surface area contributed by atoms with Gasteiger partial charge in [-0.25, -0.2) is 0 Å². The van der Waals surface area contributed by atoms with Crippen LogP contribution >= 0.6 is 0 Å². The molecule has 1 unspecified atom stereocenters. The summed E-state index contributed by atoms with van der Waals surface area (Å²) in [5, 5.41) is 3.01. The largest absolute Gasteiger partial charge is 0.354 e. The lowest BCUT2D eigenvalue weighted by molar-refractivity contribution is -0.141. The SMILES string of the molecule is CCCC(=O)N(Cc1ccccc1)C(C(=O)NCC(C)C)c1ccccc1. The van der Waals surface area contributed by atoms with Crippen molar-refractivity contribution in [3.8, 4) is 0 Å². The second-order valence-electron chi connectivity index (χ2n) is 7.21. The number of carbonyl (C=O) groups is 2. The molecule has 0 aromatic heterocycles. The molecule has 0 aliphatic carbocycles. The van der Waals surface area contributed by atoms with E-state index in [1.165, 1.54) is 0 Å². The Kier molecular flexibility index (Phi) is 8.05. The summed E-state index contributed by atoms with van der Waals surface area (Å²) in [5.41, 5.74) is 1.85. The van der Waals surface area contributed by atoms with E-state index in [0.717, 1.165) is 17.5 Å². The first-order valence-corrected chi connectivity index (χ1v) is 9.69. The van der Waals surface area contributed by atoms with E-state index in [0.29, 0.717) is 25.4 Å². The summed E-state index contributed by atoms with van der Waals surface area (Å²) in [7, 11) is 0. The number of hydrogen-bond donors (Lipinski definition) is 1. The van der Waals surface area contributed by atoms with Gasteiger partial charge in [-0.1, -0.05) is 81.4 Å². The van der Waals surface area contributed by atoms with Crippen LogP contribution in [0.1, 0.15) is 50.8 Å². The molecule has 2 aromatic rings. The molecule has 0 saturated heterocycles. The fourth-order valence-electron chi connectivity index (χ4n) is 2.97. The molecule has 0 bridgehead atoms. The van der Waals surface area contributed by atoms with Crippen LogP contribution in [0.15, 0.2) is 60.7 Å². The summed E-state index contributed by atoms with van der Waals surface area (Å²) >= 11 is 0. The molecule has 0 radical (unpaired) electrons. The highest BCUT2D eigenvalue weighted by Crippen LogP contribution is 2.25.